The fraction of sp³-hybridized carbons (Fsp3) is 0.333. The molecule has 0 aliphatic rings. The van der Waals surface area contributed by atoms with Crippen molar-refractivity contribution in [3.8, 4) is 0 Å². The van der Waals surface area contributed by atoms with Crippen molar-refractivity contribution in [3.63, 3.8) is 0 Å². The highest BCUT2D eigenvalue weighted by Crippen LogP contribution is 2.14. The Bertz CT molecular complexity index is 507. The van der Waals surface area contributed by atoms with Crippen LogP contribution in [-0.4, -0.2) is 13.1 Å². The number of anilines is 1. The molecule has 2 rings (SSSR count). The molecule has 0 aliphatic carbocycles. The largest absolute Gasteiger partial charge is 0.372 e. The van der Waals surface area contributed by atoms with E-state index in [2.05, 4.69) is 60.6 Å². The van der Waals surface area contributed by atoms with Crippen LogP contribution in [0.25, 0.3) is 0 Å². The van der Waals surface area contributed by atoms with Gasteiger partial charge >= 0.3 is 0 Å². The van der Waals surface area contributed by atoms with E-state index in [1.54, 1.807) is 0 Å². The molecule has 0 heterocycles. The van der Waals surface area contributed by atoms with Crippen molar-refractivity contribution >= 4 is 5.69 Å². The minimum absolute atomic E-state index is 0.582. The third-order valence-electron chi connectivity index (χ3n) is 3.52. The zero-order valence-corrected chi connectivity index (χ0v) is 12.9. The van der Waals surface area contributed by atoms with Gasteiger partial charge in [0.25, 0.3) is 0 Å². The van der Waals surface area contributed by atoms with E-state index in [0.29, 0.717) is 13.2 Å². The van der Waals surface area contributed by atoms with Crippen LogP contribution < -0.4 is 10.4 Å². The van der Waals surface area contributed by atoms with Gasteiger partial charge in [-0.2, -0.15) is 5.48 Å². The first-order valence-corrected chi connectivity index (χ1v) is 7.56. The molecule has 0 radical (unpaired) electrons. The maximum atomic E-state index is 5.48. The van der Waals surface area contributed by atoms with E-state index in [-0.39, 0.29) is 0 Å². The highest BCUT2D eigenvalue weighted by molar-refractivity contribution is 5.47. The third kappa shape index (κ3) is 4.88. The molecule has 112 valence electrons. The van der Waals surface area contributed by atoms with Crippen molar-refractivity contribution < 1.29 is 4.84 Å². The normalized spacial score (nSPS) is 10.6. The van der Waals surface area contributed by atoms with Crippen LogP contribution >= 0.6 is 0 Å². The first-order valence-electron chi connectivity index (χ1n) is 7.56. The predicted molar refractivity (Wildman–Crippen MR) is 88.1 cm³/mol. The van der Waals surface area contributed by atoms with Gasteiger partial charge in [-0.3, -0.25) is 4.84 Å². The zero-order valence-electron chi connectivity index (χ0n) is 12.9. The fourth-order valence-corrected chi connectivity index (χ4v) is 2.26. The second-order valence-corrected chi connectivity index (χ2v) is 4.93. The monoisotopic (exact) mass is 284 g/mol. The van der Waals surface area contributed by atoms with Gasteiger partial charge < -0.3 is 4.90 Å². The third-order valence-corrected chi connectivity index (χ3v) is 3.52. The molecule has 0 saturated carbocycles. The highest BCUT2D eigenvalue weighted by atomic mass is 16.6. The molecule has 2 aromatic carbocycles. The minimum atomic E-state index is 0.582. The predicted octanol–water partition coefficient (Wildman–Crippen LogP) is 3.75. The summed E-state index contributed by atoms with van der Waals surface area (Å²) in [6.45, 7) is 7.72. The molecule has 0 saturated heterocycles. The Morgan fingerprint density at radius 1 is 0.857 bits per heavy atom. The number of hydrogen-bond acceptors (Lipinski definition) is 3. The van der Waals surface area contributed by atoms with E-state index in [4.69, 9.17) is 4.84 Å². The molecule has 2 aromatic rings. The Morgan fingerprint density at radius 3 is 2.14 bits per heavy atom. The lowest BCUT2D eigenvalue weighted by Crippen LogP contribution is -2.21. The van der Waals surface area contributed by atoms with E-state index in [1.165, 1.54) is 16.8 Å². The van der Waals surface area contributed by atoms with Crippen LogP contribution in [-0.2, 0) is 18.0 Å². The maximum Gasteiger partial charge on any atom is 0.0933 e. The first-order chi connectivity index (χ1) is 10.3. The van der Waals surface area contributed by atoms with Gasteiger partial charge in [-0.15, -0.1) is 0 Å². The van der Waals surface area contributed by atoms with Crippen LogP contribution in [0, 0.1) is 0 Å². The Hall–Kier alpha value is -1.84. The van der Waals surface area contributed by atoms with Crippen molar-refractivity contribution in [1.82, 2.24) is 5.48 Å². The van der Waals surface area contributed by atoms with Crippen LogP contribution in [0.15, 0.2) is 54.6 Å². The molecular formula is C18H24N2O. The zero-order chi connectivity index (χ0) is 14.9. The molecule has 0 atom stereocenters. The van der Waals surface area contributed by atoms with Crippen LogP contribution in [0.4, 0.5) is 5.69 Å². The summed E-state index contributed by atoms with van der Waals surface area (Å²) in [5.74, 6) is 0. The van der Waals surface area contributed by atoms with Gasteiger partial charge in [-0.1, -0.05) is 42.5 Å². The average molecular weight is 284 g/mol. The molecule has 0 aromatic heterocycles. The number of hydrogen-bond donors (Lipinski definition) is 1. The smallest absolute Gasteiger partial charge is 0.0933 e. The van der Waals surface area contributed by atoms with Crippen molar-refractivity contribution in [2.45, 2.75) is 27.0 Å². The van der Waals surface area contributed by atoms with Gasteiger partial charge in [0.05, 0.1) is 6.61 Å². The summed E-state index contributed by atoms with van der Waals surface area (Å²) >= 11 is 0. The number of hydroxylamine groups is 1. The lowest BCUT2D eigenvalue weighted by Gasteiger charge is -2.21. The SMILES string of the molecule is CCN(CC)c1ccc(CNOCc2ccccc2)cc1. The van der Waals surface area contributed by atoms with Gasteiger partial charge in [0, 0.05) is 25.3 Å². The van der Waals surface area contributed by atoms with Gasteiger partial charge in [0.15, 0.2) is 0 Å². The quantitative estimate of drug-likeness (QED) is 0.590. The van der Waals surface area contributed by atoms with Gasteiger partial charge in [-0.25, -0.2) is 0 Å². The molecule has 0 bridgehead atoms. The number of nitrogens with one attached hydrogen (secondary N) is 1. The molecule has 3 heteroatoms. The molecule has 0 spiro atoms. The molecule has 0 unspecified atom stereocenters. The summed E-state index contributed by atoms with van der Waals surface area (Å²) in [6.07, 6.45) is 0. The second kappa shape index (κ2) is 8.45. The second-order valence-electron chi connectivity index (χ2n) is 4.93. The highest BCUT2D eigenvalue weighted by Gasteiger charge is 2.01. The minimum Gasteiger partial charge on any atom is -0.372 e. The average Bonchev–Trinajstić information content (AvgIpc) is 2.55. The summed E-state index contributed by atoms with van der Waals surface area (Å²) in [4.78, 5) is 7.82. The maximum absolute atomic E-state index is 5.48. The van der Waals surface area contributed by atoms with Crippen LogP contribution in [0.5, 0.6) is 0 Å². The molecule has 1 N–H and O–H groups in total. The lowest BCUT2D eigenvalue weighted by atomic mass is 10.2. The summed E-state index contributed by atoms with van der Waals surface area (Å²) in [5.41, 5.74) is 6.68. The van der Waals surface area contributed by atoms with Crippen molar-refractivity contribution in [1.29, 1.82) is 0 Å². The van der Waals surface area contributed by atoms with E-state index < -0.39 is 0 Å². The van der Waals surface area contributed by atoms with Crippen LogP contribution in [0.3, 0.4) is 0 Å². The molecule has 0 fully saturated rings. The first kappa shape index (κ1) is 15.5. The van der Waals surface area contributed by atoms with Crippen molar-refractivity contribution in [2.75, 3.05) is 18.0 Å². The summed E-state index contributed by atoms with van der Waals surface area (Å²) in [6, 6.07) is 18.8. The van der Waals surface area contributed by atoms with E-state index in [0.717, 1.165) is 13.1 Å². The number of benzene rings is 2. The lowest BCUT2D eigenvalue weighted by molar-refractivity contribution is 0.0235. The Kier molecular flexibility index (Phi) is 6.25. The molecule has 3 nitrogen and oxygen atoms in total. The topological polar surface area (TPSA) is 24.5 Å². The van der Waals surface area contributed by atoms with Crippen molar-refractivity contribution in [2.24, 2.45) is 0 Å². The van der Waals surface area contributed by atoms with Crippen LogP contribution in [0.2, 0.25) is 0 Å². The van der Waals surface area contributed by atoms with Gasteiger partial charge in [0.2, 0.25) is 0 Å². The molecule has 0 aliphatic heterocycles. The molecule has 0 amide bonds. The number of nitrogens with zero attached hydrogens (tertiary/aromatic N) is 1. The Morgan fingerprint density at radius 2 is 1.52 bits per heavy atom. The van der Waals surface area contributed by atoms with E-state index in [9.17, 15) is 0 Å². The van der Waals surface area contributed by atoms with Crippen LogP contribution in [0.1, 0.15) is 25.0 Å². The summed E-state index contributed by atoms with van der Waals surface area (Å²) < 4.78 is 0. The molecular weight excluding hydrogens is 260 g/mol. The fourth-order valence-electron chi connectivity index (χ4n) is 2.26. The number of rotatable bonds is 8. The van der Waals surface area contributed by atoms with Gasteiger partial charge in [0.1, 0.15) is 0 Å². The summed E-state index contributed by atoms with van der Waals surface area (Å²) in [5, 5.41) is 0. The van der Waals surface area contributed by atoms with Crippen molar-refractivity contribution in [3.05, 3.63) is 65.7 Å². The Labute approximate surface area is 127 Å². The Balaban J connectivity index is 1.76. The molecule has 21 heavy (non-hydrogen) atoms. The van der Waals surface area contributed by atoms with E-state index >= 15 is 0 Å². The van der Waals surface area contributed by atoms with Gasteiger partial charge in [-0.05, 0) is 37.1 Å². The summed E-state index contributed by atoms with van der Waals surface area (Å²) in [7, 11) is 0. The standard InChI is InChI=1S/C18H24N2O/c1-3-20(4-2)18-12-10-16(11-13-18)14-19-21-15-17-8-6-5-7-9-17/h5-13,19H,3-4,14-15H2,1-2H3. The van der Waals surface area contributed by atoms with E-state index in [1.807, 2.05) is 18.2 Å².